The van der Waals surface area contributed by atoms with Crippen molar-refractivity contribution in [2.45, 2.75) is 13.5 Å². The Morgan fingerprint density at radius 1 is 1.10 bits per heavy atom. The summed E-state index contributed by atoms with van der Waals surface area (Å²) in [4.78, 5) is 29.3. The van der Waals surface area contributed by atoms with Crippen molar-refractivity contribution in [3.05, 3.63) is 58.6 Å². The quantitative estimate of drug-likeness (QED) is 0.704. The van der Waals surface area contributed by atoms with Gasteiger partial charge in [0.25, 0.3) is 5.91 Å². The van der Waals surface area contributed by atoms with Crippen LogP contribution < -0.4 is 5.32 Å². The van der Waals surface area contributed by atoms with E-state index in [0.717, 1.165) is 29.9 Å². The van der Waals surface area contributed by atoms with Gasteiger partial charge in [-0.1, -0.05) is 24.3 Å². The van der Waals surface area contributed by atoms with Crippen LogP contribution in [-0.4, -0.2) is 58.9 Å². The number of aromatic nitrogens is 1. The molecule has 4 rings (SSSR count). The first kappa shape index (κ1) is 19.7. The van der Waals surface area contributed by atoms with Crippen LogP contribution in [0.15, 0.2) is 41.8 Å². The van der Waals surface area contributed by atoms with Gasteiger partial charge in [-0.25, -0.2) is 0 Å². The first-order valence-corrected chi connectivity index (χ1v) is 10.8. The maximum atomic E-state index is 12.5. The maximum absolute atomic E-state index is 12.5. The van der Waals surface area contributed by atoms with E-state index in [4.69, 9.17) is 0 Å². The van der Waals surface area contributed by atoms with Gasteiger partial charge in [0.2, 0.25) is 5.91 Å². The molecule has 1 aromatic carbocycles. The number of fused-ring (bicyclic) bond motifs is 1. The van der Waals surface area contributed by atoms with Gasteiger partial charge in [0.05, 0.1) is 16.8 Å². The molecule has 1 aliphatic rings. The molecule has 0 radical (unpaired) electrons. The van der Waals surface area contributed by atoms with Crippen LogP contribution in [0.25, 0.3) is 10.2 Å². The Bertz CT molecular complexity index is 1030. The first-order valence-electron chi connectivity index (χ1n) is 9.88. The number of nitrogens with zero attached hydrogens (tertiary/aromatic N) is 3. The van der Waals surface area contributed by atoms with Crippen molar-refractivity contribution >= 4 is 33.4 Å². The molecule has 7 heteroatoms. The summed E-state index contributed by atoms with van der Waals surface area (Å²) in [5.74, 6) is -0.229. The number of piperazine rings is 1. The van der Waals surface area contributed by atoms with E-state index < -0.39 is 0 Å². The summed E-state index contributed by atoms with van der Waals surface area (Å²) in [6.07, 6.45) is 0. The summed E-state index contributed by atoms with van der Waals surface area (Å²) in [5, 5.41) is 4.79. The Morgan fingerprint density at radius 2 is 1.86 bits per heavy atom. The Hall–Kier alpha value is -2.64. The average molecular weight is 411 g/mol. The molecule has 6 nitrogen and oxygen atoms in total. The fourth-order valence-corrected chi connectivity index (χ4v) is 4.66. The van der Waals surface area contributed by atoms with Crippen molar-refractivity contribution in [1.82, 2.24) is 19.7 Å². The number of benzene rings is 1. The monoisotopic (exact) mass is 410 g/mol. The van der Waals surface area contributed by atoms with Gasteiger partial charge in [-0.3, -0.25) is 14.5 Å². The number of hydrogen-bond donors (Lipinski definition) is 1. The normalized spacial score (nSPS) is 15.0. The molecule has 0 spiro atoms. The Labute approximate surface area is 174 Å². The molecular formula is C22H26N4O2S. The lowest BCUT2D eigenvalue weighted by molar-refractivity contribution is -0.131. The predicted molar refractivity (Wildman–Crippen MR) is 116 cm³/mol. The molecule has 3 heterocycles. The number of hydrogen-bond acceptors (Lipinski definition) is 4. The molecule has 0 aliphatic carbocycles. The van der Waals surface area contributed by atoms with Crippen LogP contribution in [0.1, 0.15) is 21.6 Å². The summed E-state index contributed by atoms with van der Waals surface area (Å²) < 4.78 is 2.95. The number of nitrogens with one attached hydrogen (secondary N) is 1. The zero-order valence-electron chi connectivity index (χ0n) is 16.9. The molecule has 2 amide bonds. The third-order valence-electron chi connectivity index (χ3n) is 5.68. The van der Waals surface area contributed by atoms with Crippen LogP contribution >= 0.6 is 11.3 Å². The van der Waals surface area contributed by atoms with Gasteiger partial charge in [-0.2, -0.15) is 0 Å². The van der Waals surface area contributed by atoms with Crippen molar-refractivity contribution in [1.29, 1.82) is 0 Å². The second-order valence-electron chi connectivity index (χ2n) is 7.52. The molecule has 152 valence electrons. The molecule has 1 N–H and O–H groups in total. The van der Waals surface area contributed by atoms with Crippen LogP contribution in [0.3, 0.4) is 0 Å². The van der Waals surface area contributed by atoms with E-state index >= 15 is 0 Å². The van der Waals surface area contributed by atoms with Gasteiger partial charge >= 0.3 is 0 Å². The van der Waals surface area contributed by atoms with Gasteiger partial charge in [-0.15, -0.1) is 11.3 Å². The molecule has 0 atom stereocenters. The van der Waals surface area contributed by atoms with E-state index in [1.165, 1.54) is 11.1 Å². The van der Waals surface area contributed by atoms with Gasteiger partial charge < -0.3 is 14.8 Å². The third kappa shape index (κ3) is 4.21. The lowest BCUT2D eigenvalue weighted by Crippen LogP contribution is -2.51. The molecule has 1 fully saturated rings. The number of carbonyl (C=O) groups excluding carboxylic acids is 2. The minimum atomic E-state index is -0.206. The molecule has 1 aliphatic heterocycles. The largest absolute Gasteiger partial charge is 0.342 e. The summed E-state index contributed by atoms with van der Waals surface area (Å²) in [6, 6.07) is 12.3. The van der Waals surface area contributed by atoms with E-state index in [2.05, 4.69) is 41.4 Å². The van der Waals surface area contributed by atoms with E-state index in [9.17, 15) is 9.59 Å². The van der Waals surface area contributed by atoms with Crippen LogP contribution in [0, 0.1) is 6.92 Å². The average Bonchev–Trinajstić information content (AvgIpc) is 3.31. The zero-order valence-corrected chi connectivity index (χ0v) is 17.7. The lowest BCUT2D eigenvalue weighted by atomic mass is 10.1. The number of rotatable bonds is 5. The smallest absolute Gasteiger partial charge is 0.268 e. The van der Waals surface area contributed by atoms with E-state index in [1.54, 1.807) is 11.3 Å². The molecule has 1 saturated heterocycles. The Balaban J connectivity index is 1.26. The summed E-state index contributed by atoms with van der Waals surface area (Å²) in [6.45, 7) is 6.17. The maximum Gasteiger partial charge on any atom is 0.268 e. The highest BCUT2D eigenvalue weighted by Crippen LogP contribution is 2.24. The summed E-state index contributed by atoms with van der Waals surface area (Å²) in [7, 11) is 1.87. The van der Waals surface area contributed by atoms with Crippen LogP contribution in [0.4, 0.5) is 0 Å². The van der Waals surface area contributed by atoms with Crippen molar-refractivity contribution in [2.24, 2.45) is 7.05 Å². The number of carbonyl (C=O) groups is 2. The van der Waals surface area contributed by atoms with Crippen LogP contribution in [-0.2, 0) is 18.4 Å². The number of thiophene rings is 1. The molecular weight excluding hydrogens is 384 g/mol. The highest BCUT2D eigenvalue weighted by molar-refractivity contribution is 7.17. The molecule has 2 aromatic heterocycles. The van der Waals surface area contributed by atoms with Crippen LogP contribution in [0.2, 0.25) is 0 Å². The highest BCUT2D eigenvalue weighted by Gasteiger charge is 2.22. The standard InChI is InChI=1S/C22H26N4O2S/c1-16-5-3-4-6-17(16)15-25-8-10-26(11-9-25)21(27)14-23-22(28)19-13-20-18(24(19)2)7-12-29-20/h3-7,12-13H,8-11,14-15H2,1-2H3,(H,23,28). The van der Waals surface area contributed by atoms with Crippen LogP contribution in [0.5, 0.6) is 0 Å². The Kier molecular flexibility index (Phi) is 5.69. The van der Waals surface area contributed by atoms with Crippen molar-refractivity contribution in [3.63, 3.8) is 0 Å². The fourth-order valence-electron chi connectivity index (χ4n) is 3.81. The molecule has 0 saturated carbocycles. The number of aryl methyl sites for hydroxylation is 2. The fraction of sp³-hybridized carbons (Fsp3) is 0.364. The molecule has 0 bridgehead atoms. The van der Waals surface area contributed by atoms with Gasteiger partial charge in [-0.05, 0) is 35.6 Å². The lowest BCUT2D eigenvalue weighted by Gasteiger charge is -2.35. The summed E-state index contributed by atoms with van der Waals surface area (Å²) in [5.41, 5.74) is 4.26. The molecule has 3 aromatic rings. The van der Waals surface area contributed by atoms with E-state index in [1.807, 2.05) is 34.0 Å². The third-order valence-corrected chi connectivity index (χ3v) is 6.53. The Morgan fingerprint density at radius 3 is 2.59 bits per heavy atom. The minimum Gasteiger partial charge on any atom is -0.342 e. The molecule has 0 unspecified atom stereocenters. The van der Waals surface area contributed by atoms with Crippen molar-refractivity contribution < 1.29 is 9.59 Å². The van der Waals surface area contributed by atoms with E-state index in [-0.39, 0.29) is 18.4 Å². The first-order chi connectivity index (χ1) is 14.0. The summed E-state index contributed by atoms with van der Waals surface area (Å²) >= 11 is 1.61. The second-order valence-corrected chi connectivity index (χ2v) is 8.47. The van der Waals surface area contributed by atoms with Gasteiger partial charge in [0.1, 0.15) is 5.69 Å². The van der Waals surface area contributed by atoms with E-state index in [0.29, 0.717) is 18.8 Å². The number of amides is 2. The highest BCUT2D eigenvalue weighted by atomic mass is 32.1. The second kappa shape index (κ2) is 8.39. The van der Waals surface area contributed by atoms with Gasteiger partial charge in [0, 0.05) is 39.8 Å². The molecule has 29 heavy (non-hydrogen) atoms. The van der Waals surface area contributed by atoms with Gasteiger partial charge in [0.15, 0.2) is 0 Å². The SMILES string of the molecule is Cc1ccccc1CN1CCN(C(=O)CNC(=O)c2cc3sccc3n2C)CC1. The van der Waals surface area contributed by atoms with Crippen molar-refractivity contribution in [2.75, 3.05) is 32.7 Å². The topological polar surface area (TPSA) is 57.6 Å². The van der Waals surface area contributed by atoms with Crippen molar-refractivity contribution in [3.8, 4) is 0 Å². The minimum absolute atomic E-state index is 0.0232. The predicted octanol–water partition coefficient (Wildman–Crippen LogP) is 2.62. The zero-order chi connectivity index (χ0) is 20.4.